The topological polar surface area (TPSA) is 51.4 Å². The summed E-state index contributed by atoms with van der Waals surface area (Å²) in [6, 6.07) is 0.409. The van der Waals surface area contributed by atoms with Gasteiger partial charge in [-0.15, -0.1) is 0 Å². The minimum Gasteiger partial charge on any atom is -0.376 e. The number of hydrogen-bond donors (Lipinski definition) is 0. The predicted molar refractivity (Wildman–Crippen MR) is 68.2 cm³/mol. The van der Waals surface area contributed by atoms with Crippen LogP contribution in [0.3, 0.4) is 0 Å². The number of nitrogens with zero attached hydrogens (tertiary/aromatic N) is 3. The van der Waals surface area contributed by atoms with Gasteiger partial charge >= 0.3 is 0 Å². The van der Waals surface area contributed by atoms with Crippen LogP contribution in [-0.4, -0.2) is 40.3 Å². The van der Waals surface area contributed by atoms with Gasteiger partial charge in [0.1, 0.15) is 0 Å². The molecule has 0 saturated carbocycles. The van der Waals surface area contributed by atoms with Gasteiger partial charge in [-0.2, -0.15) is 4.98 Å². The molecule has 5 heteroatoms. The summed E-state index contributed by atoms with van der Waals surface area (Å²) in [6.07, 6.45) is 3.46. The van der Waals surface area contributed by atoms with E-state index in [2.05, 4.69) is 35.8 Å². The van der Waals surface area contributed by atoms with Gasteiger partial charge in [0.15, 0.2) is 5.82 Å². The van der Waals surface area contributed by atoms with E-state index in [1.54, 1.807) is 0 Å². The molecule has 0 N–H and O–H groups in total. The zero-order valence-corrected chi connectivity index (χ0v) is 11.6. The minimum atomic E-state index is 0.281. The lowest BCUT2D eigenvalue weighted by molar-refractivity contribution is -0.0555. The van der Waals surface area contributed by atoms with Crippen molar-refractivity contribution < 1.29 is 9.26 Å². The van der Waals surface area contributed by atoms with Gasteiger partial charge < -0.3 is 9.26 Å². The molecule has 0 aliphatic carbocycles. The molecule has 1 aliphatic heterocycles. The highest BCUT2D eigenvalue weighted by molar-refractivity contribution is 4.88. The molecule has 1 fully saturated rings. The van der Waals surface area contributed by atoms with E-state index < -0.39 is 0 Å². The van der Waals surface area contributed by atoms with E-state index in [0.29, 0.717) is 6.04 Å². The quantitative estimate of drug-likeness (QED) is 0.803. The molecule has 102 valence electrons. The lowest BCUT2D eigenvalue weighted by Gasteiger charge is -2.35. The normalized spacial score (nSPS) is 25.5. The SMILES string of the molecule is CCCCc1noc(CN2C[C@H](C)OC[C@@H]2C)n1. The van der Waals surface area contributed by atoms with Gasteiger partial charge in [0.2, 0.25) is 5.89 Å². The number of aromatic nitrogens is 2. The first-order valence-electron chi connectivity index (χ1n) is 6.86. The Balaban J connectivity index is 1.89. The molecule has 0 amide bonds. The number of unbranched alkanes of at least 4 members (excludes halogenated alkanes) is 1. The predicted octanol–water partition coefficient (Wildman–Crippen LogP) is 2.02. The monoisotopic (exact) mass is 253 g/mol. The van der Waals surface area contributed by atoms with Crippen molar-refractivity contribution in [1.82, 2.24) is 15.0 Å². The molecule has 1 aliphatic rings. The minimum absolute atomic E-state index is 0.281. The summed E-state index contributed by atoms with van der Waals surface area (Å²) in [6.45, 7) is 8.86. The molecule has 0 spiro atoms. The van der Waals surface area contributed by atoms with E-state index in [-0.39, 0.29) is 6.10 Å². The second-order valence-electron chi connectivity index (χ2n) is 5.13. The summed E-state index contributed by atoms with van der Waals surface area (Å²) >= 11 is 0. The van der Waals surface area contributed by atoms with Crippen molar-refractivity contribution in [2.45, 2.75) is 58.7 Å². The van der Waals surface area contributed by atoms with Crippen LogP contribution in [0.2, 0.25) is 0 Å². The van der Waals surface area contributed by atoms with E-state index in [1.807, 2.05) is 0 Å². The van der Waals surface area contributed by atoms with E-state index in [4.69, 9.17) is 9.26 Å². The fourth-order valence-corrected chi connectivity index (χ4v) is 2.16. The van der Waals surface area contributed by atoms with Crippen LogP contribution in [0.15, 0.2) is 4.52 Å². The summed E-state index contributed by atoms with van der Waals surface area (Å²) in [4.78, 5) is 6.78. The lowest BCUT2D eigenvalue weighted by atomic mass is 10.2. The highest BCUT2D eigenvalue weighted by Gasteiger charge is 2.25. The molecule has 0 radical (unpaired) electrons. The third kappa shape index (κ3) is 3.53. The van der Waals surface area contributed by atoms with Gasteiger partial charge in [-0.05, 0) is 20.3 Å². The Hall–Kier alpha value is -0.940. The van der Waals surface area contributed by atoms with Crippen molar-refractivity contribution in [2.75, 3.05) is 13.2 Å². The molecule has 2 heterocycles. The maximum atomic E-state index is 5.61. The van der Waals surface area contributed by atoms with Crippen molar-refractivity contribution in [3.8, 4) is 0 Å². The van der Waals surface area contributed by atoms with E-state index in [1.165, 1.54) is 0 Å². The fraction of sp³-hybridized carbons (Fsp3) is 0.846. The van der Waals surface area contributed by atoms with Gasteiger partial charge in [-0.25, -0.2) is 0 Å². The molecule has 5 nitrogen and oxygen atoms in total. The molecule has 1 aromatic rings. The summed E-state index contributed by atoms with van der Waals surface area (Å²) in [5.41, 5.74) is 0. The highest BCUT2D eigenvalue weighted by atomic mass is 16.5. The molecule has 2 rings (SSSR count). The second kappa shape index (κ2) is 6.29. The smallest absolute Gasteiger partial charge is 0.240 e. The Morgan fingerprint density at radius 1 is 1.39 bits per heavy atom. The van der Waals surface area contributed by atoms with Gasteiger partial charge in [-0.3, -0.25) is 4.90 Å². The van der Waals surface area contributed by atoms with Crippen LogP contribution in [0.25, 0.3) is 0 Å². The summed E-state index contributed by atoms with van der Waals surface area (Å²) < 4.78 is 10.9. The number of morpholine rings is 1. The number of hydrogen-bond acceptors (Lipinski definition) is 5. The Morgan fingerprint density at radius 3 is 3.00 bits per heavy atom. The Labute approximate surface area is 108 Å². The third-order valence-corrected chi connectivity index (χ3v) is 3.34. The molecular formula is C13H23N3O2. The number of ether oxygens (including phenoxy) is 1. The Bertz CT molecular complexity index is 367. The van der Waals surface area contributed by atoms with Crippen molar-refractivity contribution in [3.05, 3.63) is 11.7 Å². The molecule has 0 bridgehead atoms. The Kier molecular flexibility index (Phi) is 4.72. The van der Waals surface area contributed by atoms with Crippen molar-refractivity contribution >= 4 is 0 Å². The molecule has 0 aromatic carbocycles. The average Bonchev–Trinajstić information content (AvgIpc) is 2.79. The van der Waals surface area contributed by atoms with Crippen LogP contribution >= 0.6 is 0 Å². The van der Waals surface area contributed by atoms with Crippen LogP contribution in [0, 0.1) is 0 Å². The maximum absolute atomic E-state index is 5.61. The van der Waals surface area contributed by atoms with Gasteiger partial charge in [0.05, 0.1) is 19.3 Å². The molecule has 0 unspecified atom stereocenters. The van der Waals surface area contributed by atoms with Crippen LogP contribution < -0.4 is 0 Å². The zero-order chi connectivity index (χ0) is 13.0. The first-order chi connectivity index (χ1) is 8.69. The Morgan fingerprint density at radius 2 is 2.22 bits per heavy atom. The van der Waals surface area contributed by atoms with Crippen LogP contribution in [0.4, 0.5) is 0 Å². The molecular weight excluding hydrogens is 230 g/mol. The lowest BCUT2D eigenvalue weighted by Crippen LogP contribution is -2.46. The van der Waals surface area contributed by atoms with Crippen molar-refractivity contribution in [2.24, 2.45) is 0 Å². The standard InChI is InChI=1S/C13H23N3O2/c1-4-5-6-12-14-13(18-15-12)8-16-7-11(3)17-9-10(16)2/h10-11H,4-9H2,1-3H3/t10-,11-/m0/s1. The molecule has 1 saturated heterocycles. The molecule has 1 aromatic heterocycles. The molecule has 18 heavy (non-hydrogen) atoms. The van der Waals surface area contributed by atoms with Gasteiger partial charge in [-0.1, -0.05) is 18.5 Å². The van der Waals surface area contributed by atoms with Crippen LogP contribution in [0.5, 0.6) is 0 Å². The van der Waals surface area contributed by atoms with E-state index in [9.17, 15) is 0 Å². The first kappa shape index (κ1) is 13.5. The van der Waals surface area contributed by atoms with Crippen LogP contribution in [-0.2, 0) is 17.7 Å². The third-order valence-electron chi connectivity index (χ3n) is 3.34. The highest BCUT2D eigenvalue weighted by Crippen LogP contribution is 2.14. The number of aryl methyl sites for hydroxylation is 1. The first-order valence-corrected chi connectivity index (χ1v) is 6.86. The van der Waals surface area contributed by atoms with Crippen molar-refractivity contribution in [3.63, 3.8) is 0 Å². The van der Waals surface area contributed by atoms with E-state index >= 15 is 0 Å². The summed E-state index contributed by atoms with van der Waals surface area (Å²) in [7, 11) is 0. The van der Waals surface area contributed by atoms with E-state index in [0.717, 1.165) is 50.7 Å². The van der Waals surface area contributed by atoms with Gasteiger partial charge in [0.25, 0.3) is 0 Å². The zero-order valence-electron chi connectivity index (χ0n) is 11.6. The molecule has 2 atom stereocenters. The summed E-state index contributed by atoms with van der Waals surface area (Å²) in [5.74, 6) is 1.56. The largest absolute Gasteiger partial charge is 0.376 e. The van der Waals surface area contributed by atoms with Crippen LogP contribution in [0.1, 0.15) is 45.3 Å². The second-order valence-corrected chi connectivity index (χ2v) is 5.13. The van der Waals surface area contributed by atoms with Gasteiger partial charge in [0, 0.05) is 19.0 Å². The fourth-order valence-electron chi connectivity index (χ4n) is 2.16. The number of rotatable bonds is 5. The maximum Gasteiger partial charge on any atom is 0.240 e. The summed E-state index contributed by atoms with van der Waals surface area (Å²) in [5, 5.41) is 4.02. The average molecular weight is 253 g/mol. The van der Waals surface area contributed by atoms with Crippen molar-refractivity contribution in [1.29, 1.82) is 0 Å².